The van der Waals surface area contributed by atoms with Gasteiger partial charge in [-0.05, 0) is 47.4 Å². The molecule has 146 valence electrons. The lowest BCUT2D eigenvalue weighted by atomic mass is 9.76. The van der Waals surface area contributed by atoms with Crippen molar-refractivity contribution in [2.24, 2.45) is 0 Å². The number of carbonyl (C=O) groups is 1. The molecule has 0 amide bonds. The zero-order valence-electron chi connectivity index (χ0n) is 15.9. The SMILES string of the molecule is COc1c(Cl)cc(Cl)cc1C1Nc2ccc3ccccc3c2C2=C1CCCC2=O. The molecule has 3 aromatic carbocycles. The van der Waals surface area contributed by atoms with Gasteiger partial charge in [-0.15, -0.1) is 0 Å². The summed E-state index contributed by atoms with van der Waals surface area (Å²) in [5.74, 6) is 0.783. The largest absolute Gasteiger partial charge is 0.495 e. The minimum atomic E-state index is -0.214. The van der Waals surface area contributed by atoms with Gasteiger partial charge in [-0.3, -0.25) is 4.79 Å². The monoisotopic (exact) mass is 423 g/mol. The van der Waals surface area contributed by atoms with Gasteiger partial charge in [0.05, 0.1) is 18.2 Å². The number of benzene rings is 3. The number of Topliss-reactive ketones (excluding diaryl/α,β-unsaturated/α-hetero) is 1. The van der Waals surface area contributed by atoms with Crippen LogP contribution in [-0.4, -0.2) is 12.9 Å². The number of halogens is 2. The van der Waals surface area contributed by atoms with Gasteiger partial charge in [0.25, 0.3) is 0 Å². The maximum absolute atomic E-state index is 13.1. The third-order valence-corrected chi connectivity index (χ3v) is 6.33. The number of nitrogens with one attached hydrogen (secondary N) is 1. The second-order valence-electron chi connectivity index (χ2n) is 7.47. The predicted molar refractivity (Wildman–Crippen MR) is 119 cm³/mol. The maximum atomic E-state index is 13.1. The van der Waals surface area contributed by atoms with E-state index in [-0.39, 0.29) is 11.8 Å². The van der Waals surface area contributed by atoms with Crippen LogP contribution in [0.3, 0.4) is 0 Å². The Hall–Kier alpha value is -2.49. The van der Waals surface area contributed by atoms with E-state index in [0.717, 1.165) is 51.6 Å². The van der Waals surface area contributed by atoms with Crippen LogP contribution in [0.4, 0.5) is 5.69 Å². The molecule has 5 rings (SSSR count). The minimum absolute atomic E-state index is 0.197. The highest BCUT2D eigenvalue weighted by molar-refractivity contribution is 6.36. The highest BCUT2D eigenvalue weighted by Crippen LogP contribution is 2.50. The Labute approximate surface area is 179 Å². The van der Waals surface area contributed by atoms with Gasteiger partial charge in [0, 0.05) is 33.8 Å². The van der Waals surface area contributed by atoms with E-state index >= 15 is 0 Å². The topological polar surface area (TPSA) is 38.3 Å². The van der Waals surface area contributed by atoms with E-state index in [4.69, 9.17) is 27.9 Å². The lowest BCUT2D eigenvalue weighted by molar-refractivity contribution is -0.114. The summed E-state index contributed by atoms with van der Waals surface area (Å²) in [5, 5.41) is 6.87. The van der Waals surface area contributed by atoms with Crippen LogP contribution >= 0.6 is 23.2 Å². The molecule has 1 aliphatic heterocycles. The zero-order valence-corrected chi connectivity index (χ0v) is 17.4. The highest BCUT2D eigenvalue weighted by Gasteiger charge is 2.36. The van der Waals surface area contributed by atoms with Crippen molar-refractivity contribution < 1.29 is 9.53 Å². The minimum Gasteiger partial charge on any atom is -0.495 e. The van der Waals surface area contributed by atoms with Crippen molar-refractivity contribution >= 4 is 51.0 Å². The first-order valence-electron chi connectivity index (χ1n) is 9.66. The molecule has 1 unspecified atom stereocenters. The van der Waals surface area contributed by atoms with Gasteiger partial charge in [0.2, 0.25) is 0 Å². The summed E-state index contributed by atoms with van der Waals surface area (Å²) in [7, 11) is 1.60. The summed E-state index contributed by atoms with van der Waals surface area (Å²) in [6.07, 6.45) is 2.25. The van der Waals surface area contributed by atoms with Crippen LogP contribution in [0.5, 0.6) is 5.75 Å². The number of allylic oxidation sites excluding steroid dienone is 1. The number of ketones is 1. The molecule has 0 saturated heterocycles. The third-order valence-electron chi connectivity index (χ3n) is 5.83. The number of hydrogen-bond donors (Lipinski definition) is 1. The lowest BCUT2D eigenvalue weighted by Gasteiger charge is -2.36. The molecule has 1 heterocycles. The molecule has 1 N–H and O–H groups in total. The van der Waals surface area contributed by atoms with Crippen molar-refractivity contribution in [3.63, 3.8) is 0 Å². The van der Waals surface area contributed by atoms with Crippen LogP contribution in [0.1, 0.15) is 36.4 Å². The highest BCUT2D eigenvalue weighted by atomic mass is 35.5. The number of carbonyl (C=O) groups excluding carboxylic acids is 1. The predicted octanol–water partition coefficient (Wildman–Crippen LogP) is 6.83. The fourth-order valence-electron chi connectivity index (χ4n) is 4.64. The Bertz CT molecular complexity index is 1200. The number of ether oxygens (including phenoxy) is 1. The number of fused-ring (bicyclic) bond motifs is 4. The summed E-state index contributed by atoms with van der Waals surface area (Å²) in [4.78, 5) is 13.1. The molecule has 0 aromatic heterocycles. The van der Waals surface area contributed by atoms with E-state index in [1.54, 1.807) is 13.2 Å². The van der Waals surface area contributed by atoms with Crippen molar-refractivity contribution in [3.05, 3.63) is 75.3 Å². The third kappa shape index (κ3) is 2.92. The Morgan fingerprint density at radius 1 is 1.07 bits per heavy atom. The number of rotatable bonds is 2. The fraction of sp³-hybridized carbons (Fsp3) is 0.208. The molecule has 0 saturated carbocycles. The van der Waals surface area contributed by atoms with E-state index in [1.807, 2.05) is 18.2 Å². The van der Waals surface area contributed by atoms with Gasteiger partial charge in [0.1, 0.15) is 5.75 Å². The van der Waals surface area contributed by atoms with Gasteiger partial charge in [0.15, 0.2) is 5.78 Å². The number of anilines is 1. The molecular formula is C24H19Cl2NO2. The first-order chi connectivity index (χ1) is 14.1. The summed E-state index contributed by atoms with van der Waals surface area (Å²) < 4.78 is 5.61. The molecule has 0 spiro atoms. The van der Waals surface area contributed by atoms with Crippen LogP contribution in [0.2, 0.25) is 10.0 Å². The molecule has 1 atom stereocenters. The van der Waals surface area contributed by atoms with Crippen LogP contribution < -0.4 is 10.1 Å². The molecule has 2 aliphatic rings. The Kier molecular flexibility index (Phi) is 4.53. The van der Waals surface area contributed by atoms with Gasteiger partial charge in [-0.25, -0.2) is 0 Å². The second-order valence-corrected chi connectivity index (χ2v) is 8.32. The van der Waals surface area contributed by atoms with E-state index in [1.165, 1.54) is 0 Å². The summed E-state index contributed by atoms with van der Waals surface area (Å²) in [5.41, 5.74) is 4.73. The molecule has 3 aromatic rings. The van der Waals surface area contributed by atoms with Crippen LogP contribution in [-0.2, 0) is 4.79 Å². The lowest BCUT2D eigenvalue weighted by Crippen LogP contribution is -2.26. The quantitative estimate of drug-likeness (QED) is 0.490. The Morgan fingerprint density at radius 3 is 2.72 bits per heavy atom. The fourth-order valence-corrected chi connectivity index (χ4v) is 5.22. The van der Waals surface area contributed by atoms with E-state index in [2.05, 4.69) is 29.6 Å². The van der Waals surface area contributed by atoms with E-state index in [0.29, 0.717) is 22.2 Å². The van der Waals surface area contributed by atoms with Gasteiger partial charge < -0.3 is 10.1 Å². The summed E-state index contributed by atoms with van der Waals surface area (Å²) in [6.45, 7) is 0. The van der Waals surface area contributed by atoms with E-state index in [9.17, 15) is 4.79 Å². The molecule has 0 bridgehead atoms. The van der Waals surface area contributed by atoms with E-state index < -0.39 is 0 Å². The molecule has 0 radical (unpaired) electrons. The van der Waals surface area contributed by atoms with Crippen molar-refractivity contribution in [2.75, 3.05) is 12.4 Å². The van der Waals surface area contributed by atoms with Gasteiger partial charge in [-0.2, -0.15) is 0 Å². The average Bonchev–Trinajstić information content (AvgIpc) is 2.72. The maximum Gasteiger partial charge on any atom is 0.163 e. The molecule has 1 aliphatic carbocycles. The van der Waals surface area contributed by atoms with Crippen LogP contribution in [0.15, 0.2) is 54.1 Å². The normalized spacial score (nSPS) is 18.3. The Morgan fingerprint density at radius 2 is 1.90 bits per heavy atom. The second kappa shape index (κ2) is 7.08. The Balaban J connectivity index is 1.81. The van der Waals surface area contributed by atoms with Crippen molar-refractivity contribution in [1.82, 2.24) is 0 Å². The van der Waals surface area contributed by atoms with Crippen LogP contribution in [0.25, 0.3) is 16.3 Å². The summed E-state index contributed by atoms with van der Waals surface area (Å²) in [6, 6.07) is 15.7. The van der Waals surface area contributed by atoms with Gasteiger partial charge >= 0.3 is 0 Å². The zero-order chi connectivity index (χ0) is 20.1. The molecule has 0 fully saturated rings. The number of hydrogen-bond acceptors (Lipinski definition) is 3. The average molecular weight is 424 g/mol. The summed E-state index contributed by atoms with van der Waals surface area (Å²) >= 11 is 12.7. The van der Waals surface area contributed by atoms with Crippen molar-refractivity contribution in [2.45, 2.75) is 25.3 Å². The molecule has 3 nitrogen and oxygen atoms in total. The van der Waals surface area contributed by atoms with Crippen LogP contribution in [0, 0.1) is 0 Å². The number of methoxy groups -OCH3 is 1. The van der Waals surface area contributed by atoms with Crippen molar-refractivity contribution in [3.8, 4) is 5.75 Å². The standard InChI is InChI=1S/C24H19Cl2NO2/c1-29-24-17(11-14(25)12-18(24)26)23-16-7-4-8-20(28)22(16)21-15-6-3-2-5-13(15)9-10-19(21)27-23/h2-3,5-6,9-12,23,27H,4,7-8H2,1H3. The smallest absolute Gasteiger partial charge is 0.163 e. The molecule has 29 heavy (non-hydrogen) atoms. The first-order valence-corrected chi connectivity index (χ1v) is 10.4. The van der Waals surface area contributed by atoms with Crippen molar-refractivity contribution in [1.29, 1.82) is 0 Å². The molecule has 5 heteroatoms. The molecular weight excluding hydrogens is 405 g/mol. The first kappa shape index (κ1) is 18.5. The van der Waals surface area contributed by atoms with Gasteiger partial charge in [-0.1, -0.05) is 53.5 Å².